The summed E-state index contributed by atoms with van der Waals surface area (Å²) in [7, 11) is 0. The summed E-state index contributed by atoms with van der Waals surface area (Å²) in [5, 5.41) is 13.8. The molecule has 5 nitrogen and oxygen atoms in total. The van der Waals surface area contributed by atoms with Crippen LogP contribution in [0.2, 0.25) is 0 Å². The molecule has 2 heterocycles. The van der Waals surface area contributed by atoms with Crippen LogP contribution in [0.3, 0.4) is 0 Å². The van der Waals surface area contributed by atoms with E-state index in [1.54, 1.807) is 0 Å². The summed E-state index contributed by atoms with van der Waals surface area (Å²) in [6.45, 7) is 7.91. The molecule has 1 saturated heterocycles. The fourth-order valence-corrected chi connectivity index (χ4v) is 3.04. The van der Waals surface area contributed by atoms with Crippen LogP contribution < -0.4 is 0 Å². The Morgan fingerprint density at radius 1 is 1.38 bits per heavy atom. The lowest BCUT2D eigenvalue weighted by molar-refractivity contribution is 0.0774. The van der Waals surface area contributed by atoms with Gasteiger partial charge in [0.1, 0.15) is 0 Å². The molecule has 1 aromatic heterocycles. The average Bonchev–Trinajstić information content (AvgIpc) is 3.01. The molecule has 1 aliphatic carbocycles. The second-order valence-electron chi connectivity index (χ2n) is 7.40. The number of aliphatic hydroxyl groups excluding tert-OH is 1. The van der Waals surface area contributed by atoms with E-state index in [0.29, 0.717) is 18.2 Å². The van der Waals surface area contributed by atoms with E-state index in [9.17, 15) is 9.90 Å². The van der Waals surface area contributed by atoms with Crippen molar-refractivity contribution in [2.75, 3.05) is 19.7 Å². The van der Waals surface area contributed by atoms with Gasteiger partial charge in [0.05, 0.1) is 5.54 Å². The lowest BCUT2D eigenvalue weighted by Gasteiger charge is -2.22. The summed E-state index contributed by atoms with van der Waals surface area (Å²) >= 11 is 0. The maximum Gasteiger partial charge on any atom is 0.274 e. The summed E-state index contributed by atoms with van der Waals surface area (Å²) in [5.41, 5.74) is 1.66. The predicted molar refractivity (Wildman–Crippen MR) is 80.3 cm³/mol. The second-order valence-corrected chi connectivity index (χ2v) is 7.40. The molecule has 5 heteroatoms. The zero-order chi connectivity index (χ0) is 15.2. The molecule has 1 N–H and O–H groups in total. The van der Waals surface area contributed by atoms with Crippen molar-refractivity contribution in [2.24, 2.45) is 5.92 Å². The van der Waals surface area contributed by atoms with E-state index in [-0.39, 0.29) is 24.0 Å². The highest BCUT2D eigenvalue weighted by Crippen LogP contribution is 2.41. The van der Waals surface area contributed by atoms with Gasteiger partial charge < -0.3 is 10.0 Å². The van der Waals surface area contributed by atoms with Crippen molar-refractivity contribution in [1.82, 2.24) is 14.7 Å². The first kappa shape index (κ1) is 14.6. The molecule has 0 aromatic carbocycles. The molecule has 0 bridgehead atoms. The van der Waals surface area contributed by atoms with Crippen molar-refractivity contribution in [3.8, 4) is 0 Å². The molecule has 21 heavy (non-hydrogen) atoms. The number of likely N-dealkylation sites (tertiary alicyclic amines) is 1. The summed E-state index contributed by atoms with van der Waals surface area (Å²) in [4.78, 5) is 14.4. The highest BCUT2D eigenvalue weighted by Gasteiger charge is 2.34. The predicted octanol–water partition coefficient (Wildman–Crippen LogP) is 1.97. The molecule has 116 valence electrons. The standard InChI is InChI=1S/C16H25N3O2/c1-16(2,3)19-14(12-4-5-12)8-13(17-19)15(21)18-7-6-11(9-18)10-20/h8,11-12,20H,4-7,9-10H2,1-3H3. The Balaban J connectivity index is 1.84. The van der Waals surface area contributed by atoms with Crippen molar-refractivity contribution in [3.63, 3.8) is 0 Å². The van der Waals surface area contributed by atoms with Crippen molar-refractivity contribution in [2.45, 2.75) is 51.5 Å². The van der Waals surface area contributed by atoms with E-state index in [1.807, 2.05) is 15.6 Å². The molecule has 1 atom stereocenters. The van der Waals surface area contributed by atoms with Crippen molar-refractivity contribution in [1.29, 1.82) is 0 Å². The van der Waals surface area contributed by atoms with Crippen LogP contribution in [0.15, 0.2) is 6.07 Å². The third-order valence-electron chi connectivity index (χ3n) is 4.42. The zero-order valence-electron chi connectivity index (χ0n) is 13.2. The quantitative estimate of drug-likeness (QED) is 0.926. The van der Waals surface area contributed by atoms with Crippen molar-refractivity contribution in [3.05, 3.63) is 17.5 Å². The number of carbonyl (C=O) groups excluding carboxylic acids is 1. The number of aliphatic hydroxyl groups is 1. The Labute approximate surface area is 125 Å². The van der Waals surface area contributed by atoms with Gasteiger partial charge >= 0.3 is 0 Å². The number of aromatic nitrogens is 2. The van der Waals surface area contributed by atoms with Crippen LogP contribution in [0.5, 0.6) is 0 Å². The highest BCUT2D eigenvalue weighted by atomic mass is 16.3. The van der Waals surface area contributed by atoms with Crippen LogP contribution in [0.1, 0.15) is 62.1 Å². The largest absolute Gasteiger partial charge is 0.396 e. The zero-order valence-corrected chi connectivity index (χ0v) is 13.2. The first-order valence-electron chi connectivity index (χ1n) is 7.90. The Bertz CT molecular complexity index is 540. The fraction of sp³-hybridized carbons (Fsp3) is 0.750. The molecule has 1 aliphatic heterocycles. The van der Waals surface area contributed by atoms with Gasteiger partial charge in [-0.15, -0.1) is 0 Å². The van der Waals surface area contributed by atoms with E-state index in [1.165, 1.54) is 18.5 Å². The smallest absolute Gasteiger partial charge is 0.274 e. The minimum atomic E-state index is -0.102. The Kier molecular flexibility index (Phi) is 3.56. The molecule has 1 aromatic rings. The topological polar surface area (TPSA) is 58.4 Å². The molecule has 1 saturated carbocycles. The second kappa shape index (κ2) is 5.13. The maximum atomic E-state index is 12.6. The first-order chi connectivity index (χ1) is 9.90. The lowest BCUT2D eigenvalue weighted by atomic mass is 10.1. The maximum absolute atomic E-state index is 12.6. The molecule has 0 radical (unpaired) electrons. The molecule has 1 amide bonds. The summed E-state index contributed by atoms with van der Waals surface area (Å²) < 4.78 is 2.03. The van der Waals surface area contributed by atoms with Gasteiger partial charge in [0.25, 0.3) is 5.91 Å². The van der Waals surface area contributed by atoms with E-state index < -0.39 is 0 Å². The van der Waals surface area contributed by atoms with Crippen molar-refractivity contribution < 1.29 is 9.90 Å². The monoisotopic (exact) mass is 291 g/mol. The van der Waals surface area contributed by atoms with Gasteiger partial charge in [0.2, 0.25) is 0 Å². The van der Waals surface area contributed by atoms with Gasteiger partial charge in [-0.05, 0) is 46.1 Å². The normalized spacial score (nSPS) is 22.9. The van der Waals surface area contributed by atoms with Crippen molar-refractivity contribution >= 4 is 5.91 Å². The third-order valence-corrected chi connectivity index (χ3v) is 4.42. The van der Waals surface area contributed by atoms with Gasteiger partial charge in [0.15, 0.2) is 5.69 Å². The number of hydrogen-bond donors (Lipinski definition) is 1. The first-order valence-corrected chi connectivity index (χ1v) is 7.90. The van der Waals surface area contributed by atoms with Crippen LogP contribution in [-0.2, 0) is 5.54 Å². The van der Waals surface area contributed by atoms with E-state index in [2.05, 4.69) is 25.9 Å². The van der Waals surface area contributed by atoms with Crippen LogP contribution in [0.4, 0.5) is 0 Å². The molecule has 0 spiro atoms. The van der Waals surface area contributed by atoms with Gasteiger partial charge in [-0.2, -0.15) is 5.10 Å². The van der Waals surface area contributed by atoms with E-state index in [4.69, 9.17) is 0 Å². The molecule has 3 rings (SSSR count). The molecule has 2 aliphatic rings. The minimum absolute atomic E-state index is 0.0100. The van der Waals surface area contributed by atoms with Crippen LogP contribution >= 0.6 is 0 Å². The number of nitrogens with zero attached hydrogens (tertiary/aromatic N) is 3. The fourth-order valence-electron chi connectivity index (χ4n) is 3.04. The van der Waals surface area contributed by atoms with Gasteiger partial charge in [-0.25, -0.2) is 0 Å². The van der Waals surface area contributed by atoms with Gasteiger partial charge in [-0.3, -0.25) is 9.48 Å². The number of rotatable bonds is 3. The number of carbonyl (C=O) groups is 1. The Morgan fingerprint density at radius 2 is 2.10 bits per heavy atom. The molecule has 1 unspecified atom stereocenters. The number of hydrogen-bond acceptors (Lipinski definition) is 3. The summed E-state index contributed by atoms with van der Waals surface area (Å²) in [6.07, 6.45) is 3.29. The molecule has 2 fully saturated rings. The molecular formula is C16H25N3O2. The third kappa shape index (κ3) is 2.84. The van der Waals surface area contributed by atoms with Gasteiger partial charge in [-0.1, -0.05) is 0 Å². The molecular weight excluding hydrogens is 266 g/mol. The average molecular weight is 291 g/mol. The summed E-state index contributed by atoms with van der Waals surface area (Å²) in [5.74, 6) is 0.805. The highest BCUT2D eigenvalue weighted by molar-refractivity contribution is 5.92. The minimum Gasteiger partial charge on any atom is -0.396 e. The Hall–Kier alpha value is -1.36. The Morgan fingerprint density at radius 3 is 2.62 bits per heavy atom. The van der Waals surface area contributed by atoms with Gasteiger partial charge in [0, 0.05) is 37.2 Å². The van der Waals surface area contributed by atoms with E-state index in [0.717, 1.165) is 13.0 Å². The SMILES string of the molecule is CC(C)(C)n1nc(C(=O)N2CCC(CO)C2)cc1C1CC1. The van der Waals surface area contributed by atoms with E-state index >= 15 is 0 Å². The van der Waals surface area contributed by atoms with Crippen LogP contribution in [0.25, 0.3) is 0 Å². The summed E-state index contributed by atoms with van der Waals surface area (Å²) in [6, 6.07) is 1.98. The lowest BCUT2D eigenvalue weighted by Crippen LogP contribution is -2.30. The number of amides is 1. The van der Waals surface area contributed by atoms with Crippen LogP contribution in [-0.4, -0.2) is 45.4 Å². The van der Waals surface area contributed by atoms with Crippen LogP contribution in [0, 0.1) is 5.92 Å².